The maximum absolute atomic E-state index is 11.9. The Kier molecular flexibility index (Phi) is 6.50. The number of nitriles is 1. The Bertz CT molecular complexity index is 533. The molecule has 1 aromatic heterocycles. The van der Waals surface area contributed by atoms with Crippen molar-refractivity contribution in [3.05, 3.63) is 10.4 Å². The summed E-state index contributed by atoms with van der Waals surface area (Å²) in [4.78, 5) is 12.3. The first-order valence-electron chi connectivity index (χ1n) is 7.31. The first kappa shape index (κ1) is 17.3. The number of hydrogen-bond donors (Lipinski definition) is 3. The van der Waals surface area contributed by atoms with E-state index in [1.807, 2.05) is 6.92 Å². The van der Waals surface area contributed by atoms with Gasteiger partial charge in [0.1, 0.15) is 21.5 Å². The van der Waals surface area contributed by atoms with Gasteiger partial charge in [-0.2, -0.15) is 5.26 Å². The Balaban J connectivity index is 2.95. The summed E-state index contributed by atoms with van der Waals surface area (Å²) in [5.74, 6) is 0.386. The van der Waals surface area contributed by atoms with Crippen LogP contribution < -0.4 is 16.4 Å². The van der Waals surface area contributed by atoms with E-state index < -0.39 is 0 Å². The van der Waals surface area contributed by atoms with Gasteiger partial charge in [-0.25, -0.2) is 0 Å². The summed E-state index contributed by atoms with van der Waals surface area (Å²) in [6, 6.07) is 2.33. The fourth-order valence-corrected chi connectivity index (χ4v) is 3.22. The Hall–Kier alpha value is -1.74. The van der Waals surface area contributed by atoms with Crippen LogP contribution in [0.15, 0.2) is 0 Å². The van der Waals surface area contributed by atoms with Crippen LogP contribution in [0, 0.1) is 17.2 Å². The molecule has 0 fully saturated rings. The number of hydrogen-bond acceptors (Lipinski definition) is 5. The fourth-order valence-electron chi connectivity index (χ4n) is 2.12. The quantitative estimate of drug-likeness (QED) is 0.721. The third-order valence-electron chi connectivity index (χ3n) is 3.43. The van der Waals surface area contributed by atoms with Gasteiger partial charge in [0, 0.05) is 12.6 Å². The molecule has 1 heterocycles. The highest BCUT2D eigenvalue weighted by atomic mass is 32.1. The summed E-state index contributed by atoms with van der Waals surface area (Å²) in [5, 5.41) is 16.0. The van der Waals surface area contributed by atoms with E-state index >= 15 is 0 Å². The lowest BCUT2D eigenvalue weighted by molar-refractivity contribution is 0.0960. The third kappa shape index (κ3) is 4.36. The van der Waals surface area contributed by atoms with Crippen LogP contribution in [0.2, 0.25) is 0 Å². The van der Waals surface area contributed by atoms with Crippen LogP contribution in [0.5, 0.6) is 0 Å². The highest BCUT2D eigenvalue weighted by molar-refractivity contribution is 7.18. The molecule has 0 radical (unpaired) electrons. The van der Waals surface area contributed by atoms with Gasteiger partial charge in [-0.3, -0.25) is 4.79 Å². The number of carbonyl (C=O) groups is 1. The summed E-state index contributed by atoms with van der Waals surface area (Å²) in [6.07, 6.45) is 2.13. The number of amides is 1. The highest BCUT2D eigenvalue weighted by Gasteiger charge is 2.21. The fraction of sp³-hybridized carbons (Fsp3) is 0.600. The Morgan fingerprint density at radius 3 is 2.62 bits per heavy atom. The van der Waals surface area contributed by atoms with E-state index in [2.05, 4.69) is 37.5 Å². The second-order valence-corrected chi connectivity index (χ2v) is 6.34. The van der Waals surface area contributed by atoms with E-state index in [9.17, 15) is 10.1 Å². The van der Waals surface area contributed by atoms with E-state index in [1.54, 1.807) is 0 Å². The van der Waals surface area contributed by atoms with Crippen LogP contribution in [-0.2, 0) is 0 Å². The number of nitrogens with two attached hydrogens (primary N) is 1. The molecule has 0 aliphatic rings. The zero-order chi connectivity index (χ0) is 16.0. The number of nitrogens with zero attached hydrogens (tertiary/aromatic N) is 1. The number of thiophene rings is 1. The number of nitrogens with one attached hydrogen (secondary N) is 2. The first-order valence-corrected chi connectivity index (χ1v) is 8.13. The summed E-state index contributed by atoms with van der Waals surface area (Å²) in [7, 11) is 0. The minimum absolute atomic E-state index is 0.223. The standard InChI is InChI=1S/C15H24N4OS/c1-5-9(3)7-10(4)19-15-11(8-16)12(17)13(21-15)14(20)18-6-2/h9-10,19H,5-7,17H2,1-4H3,(H,18,20). The van der Waals surface area contributed by atoms with Gasteiger partial charge in [-0.15, -0.1) is 11.3 Å². The predicted octanol–water partition coefficient (Wildman–Crippen LogP) is 3.19. The average molecular weight is 308 g/mol. The molecule has 6 heteroatoms. The first-order chi connectivity index (χ1) is 9.94. The van der Waals surface area contributed by atoms with Crippen LogP contribution in [0.3, 0.4) is 0 Å². The van der Waals surface area contributed by atoms with Gasteiger partial charge in [0.15, 0.2) is 0 Å². The van der Waals surface area contributed by atoms with Crippen LogP contribution in [-0.4, -0.2) is 18.5 Å². The molecule has 116 valence electrons. The minimum Gasteiger partial charge on any atom is -0.396 e. The van der Waals surface area contributed by atoms with E-state index in [0.717, 1.165) is 12.8 Å². The molecule has 5 nitrogen and oxygen atoms in total. The van der Waals surface area contributed by atoms with Crippen molar-refractivity contribution in [2.75, 3.05) is 17.6 Å². The molecule has 2 unspecified atom stereocenters. The topological polar surface area (TPSA) is 90.9 Å². The largest absolute Gasteiger partial charge is 0.396 e. The van der Waals surface area contributed by atoms with Gasteiger partial charge in [-0.1, -0.05) is 20.3 Å². The molecule has 0 saturated heterocycles. The second kappa shape index (κ2) is 7.89. The molecule has 0 saturated carbocycles. The monoisotopic (exact) mass is 308 g/mol. The average Bonchev–Trinajstić information content (AvgIpc) is 2.74. The molecular formula is C15H24N4OS. The van der Waals surface area contributed by atoms with Crippen molar-refractivity contribution in [1.29, 1.82) is 5.26 Å². The molecule has 0 spiro atoms. The van der Waals surface area contributed by atoms with E-state index in [-0.39, 0.29) is 17.6 Å². The summed E-state index contributed by atoms with van der Waals surface area (Å²) in [6.45, 7) is 8.82. The van der Waals surface area contributed by atoms with Crippen molar-refractivity contribution in [3.8, 4) is 6.07 Å². The van der Waals surface area contributed by atoms with E-state index in [4.69, 9.17) is 5.73 Å². The Morgan fingerprint density at radius 2 is 2.10 bits per heavy atom. The Labute approximate surface area is 130 Å². The van der Waals surface area contributed by atoms with Gasteiger partial charge in [0.05, 0.1) is 5.69 Å². The van der Waals surface area contributed by atoms with Crippen LogP contribution in [0.1, 0.15) is 55.8 Å². The smallest absolute Gasteiger partial charge is 0.263 e. The molecule has 2 atom stereocenters. The normalized spacial score (nSPS) is 13.3. The summed E-state index contributed by atoms with van der Waals surface area (Å²) in [5.41, 5.74) is 6.58. The number of rotatable bonds is 7. The maximum atomic E-state index is 11.9. The molecule has 0 aliphatic carbocycles. The van der Waals surface area contributed by atoms with Crippen molar-refractivity contribution in [2.24, 2.45) is 5.92 Å². The summed E-state index contributed by atoms with van der Waals surface area (Å²) < 4.78 is 0. The molecule has 0 aromatic carbocycles. The minimum atomic E-state index is -0.223. The van der Waals surface area contributed by atoms with Crippen molar-refractivity contribution >= 4 is 27.9 Å². The van der Waals surface area contributed by atoms with Crippen molar-refractivity contribution in [1.82, 2.24) is 5.32 Å². The van der Waals surface area contributed by atoms with Crippen LogP contribution >= 0.6 is 11.3 Å². The van der Waals surface area contributed by atoms with E-state index in [1.165, 1.54) is 11.3 Å². The SMILES string of the molecule is CCNC(=O)c1sc(NC(C)CC(C)CC)c(C#N)c1N. The molecule has 21 heavy (non-hydrogen) atoms. The number of anilines is 2. The lowest BCUT2D eigenvalue weighted by Crippen LogP contribution is -2.22. The predicted molar refractivity (Wildman–Crippen MR) is 88.6 cm³/mol. The second-order valence-electron chi connectivity index (χ2n) is 5.31. The number of nitrogen functional groups attached to an aromatic ring is 1. The van der Waals surface area contributed by atoms with Crippen LogP contribution in [0.4, 0.5) is 10.7 Å². The number of carbonyl (C=O) groups excluding carboxylic acids is 1. The van der Waals surface area contributed by atoms with Gasteiger partial charge in [0.25, 0.3) is 5.91 Å². The van der Waals surface area contributed by atoms with E-state index in [0.29, 0.717) is 27.9 Å². The molecule has 1 amide bonds. The molecule has 4 N–H and O–H groups in total. The lowest BCUT2D eigenvalue weighted by Gasteiger charge is -2.17. The van der Waals surface area contributed by atoms with Crippen molar-refractivity contribution in [3.63, 3.8) is 0 Å². The van der Waals surface area contributed by atoms with Gasteiger partial charge in [0.2, 0.25) is 0 Å². The van der Waals surface area contributed by atoms with Gasteiger partial charge < -0.3 is 16.4 Å². The Morgan fingerprint density at radius 1 is 1.43 bits per heavy atom. The van der Waals surface area contributed by atoms with Gasteiger partial charge in [-0.05, 0) is 26.2 Å². The van der Waals surface area contributed by atoms with Gasteiger partial charge >= 0.3 is 0 Å². The third-order valence-corrected chi connectivity index (χ3v) is 4.57. The summed E-state index contributed by atoms with van der Waals surface area (Å²) >= 11 is 1.25. The zero-order valence-electron chi connectivity index (χ0n) is 13.1. The molecule has 0 aliphatic heterocycles. The molecule has 1 aromatic rings. The molecule has 1 rings (SSSR count). The van der Waals surface area contributed by atoms with Crippen molar-refractivity contribution in [2.45, 2.75) is 46.6 Å². The maximum Gasteiger partial charge on any atom is 0.263 e. The molecular weight excluding hydrogens is 284 g/mol. The lowest BCUT2D eigenvalue weighted by atomic mass is 10.0. The zero-order valence-corrected chi connectivity index (χ0v) is 13.9. The molecule has 0 bridgehead atoms. The highest BCUT2D eigenvalue weighted by Crippen LogP contribution is 2.35. The van der Waals surface area contributed by atoms with Crippen LogP contribution in [0.25, 0.3) is 0 Å². The van der Waals surface area contributed by atoms with Crippen molar-refractivity contribution < 1.29 is 4.79 Å².